The summed E-state index contributed by atoms with van der Waals surface area (Å²) in [6.07, 6.45) is 0. The molecule has 7 heteroatoms. The first-order chi connectivity index (χ1) is 7.95. The SMILES string of the molecule is CC(C(=O)Nc1ccc(Cl)c(Cl)c1)C(N)=NO. The van der Waals surface area contributed by atoms with Crippen LogP contribution in [0, 0.1) is 5.92 Å². The van der Waals surface area contributed by atoms with Gasteiger partial charge in [-0.1, -0.05) is 28.4 Å². The number of nitrogens with one attached hydrogen (secondary N) is 1. The first-order valence-electron chi connectivity index (χ1n) is 4.69. The van der Waals surface area contributed by atoms with Crippen molar-refractivity contribution in [2.75, 3.05) is 5.32 Å². The van der Waals surface area contributed by atoms with Crippen molar-refractivity contribution in [2.45, 2.75) is 6.92 Å². The van der Waals surface area contributed by atoms with Crippen LogP contribution in [0.1, 0.15) is 6.92 Å². The standard InChI is InChI=1S/C10H11Cl2N3O2/c1-5(9(13)15-17)10(16)14-6-2-3-7(11)8(12)4-6/h2-5,17H,1H3,(H2,13,15)(H,14,16). The number of oxime groups is 1. The zero-order valence-corrected chi connectivity index (χ0v) is 10.5. The van der Waals surface area contributed by atoms with Gasteiger partial charge in [0.2, 0.25) is 5.91 Å². The first kappa shape index (κ1) is 13.6. The number of amides is 1. The quantitative estimate of drug-likeness (QED) is 0.342. The Hall–Kier alpha value is -1.46. The zero-order valence-electron chi connectivity index (χ0n) is 8.95. The van der Waals surface area contributed by atoms with Gasteiger partial charge in [0.15, 0.2) is 5.84 Å². The van der Waals surface area contributed by atoms with Crippen LogP contribution in [-0.4, -0.2) is 17.0 Å². The smallest absolute Gasteiger partial charge is 0.234 e. The minimum absolute atomic E-state index is 0.164. The van der Waals surface area contributed by atoms with Crippen molar-refractivity contribution in [3.8, 4) is 0 Å². The number of halogens is 2. The van der Waals surface area contributed by atoms with Crippen LogP contribution >= 0.6 is 23.2 Å². The molecule has 0 fully saturated rings. The first-order valence-corrected chi connectivity index (χ1v) is 5.44. The summed E-state index contributed by atoms with van der Waals surface area (Å²) in [5.74, 6) is -1.31. The lowest BCUT2D eigenvalue weighted by molar-refractivity contribution is -0.117. The van der Waals surface area contributed by atoms with Gasteiger partial charge in [0.25, 0.3) is 0 Å². The van der Waals surface area contributed by atoms with E-state index < -0.39 is 11.8 Å². The van der Waals surface area contributed by atoms with Gasteiger partial charge in [-0.3, -0.25) is 4.79 Å². The maximum atomic E-state index is 11.6. The number of carbonyl (C=O) groups excluding carboxylic acids is 1. The predicted octanol–water partition coefficient (Wildman–Crippen LogP) is 2.31. The second-order valence-corrected chi connectivity index (χ2v) is 4.18. The third kappa shape index (κ3) is 3.51. The van der Waals surface area contributed by atoms with Crippen molar-refractivity contribution >= 4 is 40.6 Å². The molecular formula is C10H11Cl2N3O2. The topological polar surface area (TPSA) is 87.7 Å². The Morgan fingerprint density at radius 3 is 2.65 bits per heavy atom. The molecule has 1 unspecified atom stereocenters. The van der Waals surface area contributed by atoms with Crippen molar-refractivity contribution in [1.82, 2.24) is 0 Å². The van der Waals surface area contributed by atoms with Crippen molar-refractivity contribution < 1.29 is 10.0 Å². The summed E-state index contributed by atoms with van der Waals surface area (Å²) in [6.45, 7) is 1.52. The monoisotopic (exact) mass is 275 g/mol. The van der Waals surface area contributed by atoms with E-state index >= 15 is 0 Å². The Morgan fingerprint density at radius 1 is 1.47 bits per heavy atom. The van der Waals surface area contributed by atoms with E-state index in [-0.39, 0.29) is 5.84 Å². The third-order valence-corrected chi connectivity index (χ3v) is 2.88. The van der Waals surface area contributed by atoms with Gasteiger partial charge >= 0.3 is 0 Å². The maximum Gasteiger partial charge on any atom is 0.234 e. The van der Waals surface area contributed by atoms with Gasteiger partial charge in [-0.15, -0.1) is 0 Å². The number of hydrogen-bond donors (Lipinski definition) is 3. The second-order valence-electron chi connectivity index (χ2n) is 3.36. The van der Waals surface area contributed by atoms with Crippen LogP contribution in [0.2, 0.25) is 10.0 Å². The number of benzene rings is 1. The molecule has 0 spiro atoms. The van der Waals surface area contributed by atoms with Crippen molar-refractivity contribution in [3.05, 3.63) is 28.2 Å². The fourth-order valence-electron chi connectivity index (χ4n) is 1.05. The number of nitrogens with two attached hydrogens (primary N) is 1. The van der Waals surface area contributed by atoms with Gasteiger partial charge in [0.1, 0.15) is 0 Å². The fourth-order valence-corrected chi connectivity index (χ4v) is 1.34. The summed E-state index contributed by atoms with van der Waals surface area (Å²) < 4.78 is 0. The molecule has 4 N–H and O–H groups in total. The van der Waals surface area contributed by atoms with E-state index in [1.54, 1.807) is 12.1 Å². The lowest BCUT2D eigenvalue weighted by atomic mass is 10.1. The number of nitrogens with zero attached hydrogens (tertiary/aromatic N) is 1. The molecule has 0 radical (unpaired) electrons. The van der Waals surface area contributed by atoms with Crippen LogP contribution < -0.4 is 11.1 Å². The highest BCUT2D eigenvalue weighted by atomic mass is 35.5. The Bertz CT molecular complexity index is 463. The van der Waals surface area contributed by atoms with Gasteiger partial charge < -0.3 is 16.3 Å². The summed E-state index contributed by atoms with van der Waals surface area (Å²) in [5, 5.41) is 14.5. The maximum absolute atomic E-state index is 11.6. The van der Waals surface area contributed by atoms with Crippen molar-refractivity contribution in [3.63, 3.8) is 0 Å². The summed E-state index contributed by atoms with van der Waals surface area (Å²) in [5.41, 5.74) is 5.81. The van der Waals surface area contributed by atoms with E-state index in [9.17, 15) is 4.79 Å². The Labute approximate surface area is 108 Å². The number of anilines is 1. The number of carbonyl (C=O) groups is 1. The zero-order chi connectivity index (χ0) is 13.0. The van der Waals surface area contributed by atoms with Gasteiger partial charge in [-0.2, -0.15) is 0 Å². The lowest BCUT2D eigenvalue weighted by Gasteiger charge is -2.11. The third-order valence-electron chi connectivity index (χ3n) is 2.14. The molecule has 0 heterocycles. The van der Waals surface area contributed by atoms with Gasteiger partial charge in [-0.05, 0) is 25.1 Å². The van der Waals surface area contributed by atoms with E-state index in [0.717, 1.165) is 0 Å². The summed E-state index contributed by atoms with van der Waals surface area (Å²) in [4.78, 5) is 11.6. The molecule has 5 nitrogen and oxygen atoms in total. The molecule has 17 heavy (non-hydrogen) atoms. The van der Waals surface area contributed by atoms with Gasteiger partial charge in [-0.25, -0.2) is 0 Å². The predicted molar refractivity (Wildman–Crippen MR) is 67.7 cm³/mol. The highest BCUT2D eigenvalue weighted by Crippen LogP contribution is 2.25. The molecule has 0 aromatic heterocycles. The lowest BCUT2D eigenvalue weighted by Crippen LogP contribution is -2.32. The largest absolute Gasteiger partial charge is 0.409 e. The average molecular weight is 276 g/mol. The molecule has 1 amide bonds. The fraction of sp³-hybridized carbons (Fsp3) is 0.200. The van der Waals surface area contributed by atoms with Crippen LogP contribution in [0.4, 0.5) is 5.69 Å². The highest BCUT2D eigenvalue weighted by molar-refractivity contribution is 6.42. The van der Waals surface area contributed by atoms with Crippen LogP contribution in [-0.2, 0) is 4.79 Å². The molecular weight excluding hydrogens is 265 g/mol. The van der Waals surface area contributed by atoms with E-state index in [0.29, 0.717) is 15.7 Å². The van der Waals surface area contributed by atoms with Crippen LogP contribution in [0.5, 0.6) is 0 Å². The molecule has 1 atom stereocenters. The average Bonchev–Trinajstić information content (AvgIpc) is 2.31. The van der Waals surface area contributed by atoms with E-state index in [2.05, 4.69) is 10.5 Å². The molecule has 0 saturated heterocycles. The minimum atomic E-state index is -0.741. The van der Waals surface area contributed by atoms with Crippen LogP contribution in [0.15, 0.2) is 23.4 Å². The van der Waals surface area contributed by atoms with E-state index in [1.807, 2.05) is 0 Å². The minimum Gasteiger partial charge on any atom is -0.409 e. The molecule has 1 rings (SSSR count). The van der Waals surface area contributed by atoms with Crippen LogP contribution in [0.3, 0.4) is 0 Å². The Kier molecular flexibility index (Phi) is 4.60. The molecule has 0 aliphatic rings. The summed E-state index contributed by atoms with van der Waals surface area (Å²) in [6, 6.07) is 4.68. The van der Waals surface area contributed by atoms with E-state index in [1.165, 1.54) is 13.0 Å². The second kappa shape index (κ2) is 5.75. The number of amidine groups is 1. The summed E-state index contributed by atoms with van der Waals surface area (Å²) >= 11 is 11.5. The molecule has 1 aromatic carbocycles. The Balaban J connectivity index is 2.78. The van der Waals surface area contributed by atoms with Crippen molar-refractivity contribution in [1.29, 1.82) is 0 Å². The molecule has 0 bridgehead atoms. The molecule has 1 aromatic rings. The Morgan fingerprint density at radius 2 is 2.12 bits per heavy atom. The molecule has 0 aliphatic heterocycles. The van der Waals surface area contributed by atoms with Gasteiger partial charge in [0, 0.05) is 5.69 Å². The number of rotatable bonds is 3. The normalized spacial score (nSPS) is 13.2. The molecule has 0 aliphatic carbocycles. The van der Waals surface area contributed by atoms with Gasteiger partial charge in [0.05, 0.1) is 16.0 Å². The van der Waals surface area contributed by atoms with E-state index in [4.69, 9.17) is 34.1 Å². The molecule has 0 saturated carbocycles. The van der Waals surface area contributed by atoms with Crippen LogP contribution in [0.25, 0.3) is 0 Å². The van der Waals surface area contributed by atoms with Crippen molar-refractivity contribution in [2.24, 2.45) is 16.8 Å². The molecule has 92 valence electrons. The summed E-state index contributed by atoms with van der Waals surface area (Å²) in [7, 11) is 0. The number of hydrogen-bond acceptors (Lipinski definition) is 3. The highest BCUT2D eigenvalue weighted by Gasteiger charge is 2.17.